The van der Waals surface area contributed by atoms with Gasteiger partial charge in [0.05, 0.1) is 11.7 Å². The molecule has 1 fully saturated rings. The normalized spacial score (nSPS) is 30.0. The van der Waals surface area contributed by atoms with Crippen LogP contribution < -0.4 is 0 Å². The third kappa shape index (κ3) is 1.90. The first kappa shape index (κ1) is 10.6. The Morgan fingerprint density at radius 1 is 1.40 bits per heavy atom. The van der Waals surface area contributed by atoms with Gasteiger partial charge >= 0.3 is 0 Å². The Kier molecular flexibility index (Phi) is 2.52. The predicted octanol–water partition coefficient (Wildman–Crippen LogP) is 2.13. The summed E-state index contributed by atoms with van der Waals surface area (Å²) < 4.78 is 18.3. The molecule has 82 valence electrons. The summed E-state index contributed by atoms with van der Waals surface area (Å²) in [6.07, 6.45) is 1.19. The van der Waals surface area contributed by atoms with Crippen LogP contribution in [0.1, 0.15) is 24.0 Å². The number of methoxy groups -OCH3 is 1. The van der Waals surface area contributed by atoms with Crippen molar-refractivity contribution < 1.29 is 14.2 Å². The second-order valence-electron chi connectivity index (χ2n) is 4.31. The third-order valence-corrected chi connectivity index (χ3v) is 3.04. The molecule has 0 amide bonds. The van der Waals surface area contributed by atoms with Gasteiger partial charge in [-0.3, -0.25) is 0 Å². The average Bonchev–Trinajstić information content (AvgIpc) is 2.11. The number of ether oxygens (including phenoxy) is 1. The number of rotatable bonds is 2. The molecule has 1 aromatic carbocycles. The minimum Gasteiger partial charge on any atom is -0.385 e. The molecular weight excluding hydrogens is 195 g/mol. The molecular formula is C12H15FO2. The van der Waals surface area contributed by atoms with E-state index in [0.717, 1.165) is 5.56 Å². The van der Waals surface area contributed by atoms with Crippen LogP contribution in [0.2, 0.25) is 0 Å². The standard InChI is InChI=1S/C12H15FO2/c1-8-3-9(5-10(13)4-8)12(14)6-11(7-12)15-2/h3-5,11,14H,6-7H2,1-2H3. The Hall–Kier alpha value is -0.930. The third-order valence-electron chi connectivity index (χ3n) is 3.04. The molecule has 1 N–H and O–H groups in total. The van der Waals surface area contributed by atoms with E-state index in [0.29, 0.717) is 18.4 Å². The van der Waals surface area contributed by atoms with Crippen LogP contribution in [0, 0.1) is 12.7 Å². The Labute approximate surface area is 88.7 Å². The highest BCUT2D eigenvalue weighted by Gasteiger charge is 2.44. The van der Waals surface area contributed by atoms with E-state index in [1.165, 1.54) is 12.1 Å². The fraction of sp³-hybridized carbons (Fsp3) is 0.500. The molecule has 1 aliphatic carbocycles. The molecule has 0 unspecified atom stereocenters. The molecule has 2 rings (SSSR count). The zero-order chi connectivity index (χ0) is 11.1. The summed E-state index contributed by atoms with van der Waals surface area (Å²) in [6, 6.07) is 4.69. The lowest BCUT2D eigenvalue weighted by Crippen LogP contribution is -2.45. The van der Waals surface area contributed by atoms with Gasteiger partial charge in [0.25, 0.3) is 0 Å². The van der Waals surface area contributed by atoms with E-state index in [9.17, 15) is 9.50 Å². The van der Waals surface area contributed by atoms with Gasteiger partial charge in [0.2, 0.25) is 0 Å². The summed E-state index contributed by atoms with van der Waals surface area (Å²) in [5, 5.41) is 10.2. The van der Waals surface area contributed by atoms with Crippen LogP contribution in [0.4, 0.5) is 4.39 Å². The SMILES string of the molecule is COC1CC(O)(c2cc(C)cc(F)c2)C1. The zero-order valence-electron chi connectivity index (χ0n) is 8.96. The molecule has 1 aliphatic rings. The van der Waals surface area contributed by atoms with Gasteiger partial charge in [0.15, 0.2) is 0 Å². The number of aryl methyl sites for hydroxylation is 1. The second kappa shape index (κ2) is 3.58. The molecule has 0 spiro atoms. The monoisotopic (exact) mass is 210 g/mol. The molecule has 2 nitrogen and oxygen atoms in total. The molecule has 0 heterocycles. The first-order chi connectivity index (χ1) is 7.03. The number of halogens is 1. The van der Waals surface area contributed by atoms with Crippen molar-refractivity contribution in [2.75, 3.05) is 7.11 Å². The molecule has 0 aromatic heterocycles. The van der Waals surface area contributed by atoms with Crippen LogP contribution in [-0.2, 0) is 10.3 Å². The Bertz CT molecular complexity index is 350. The van der Waals surface area contributed by atoms with E-state index in [1.807, 2.05) is 13.0 Å². The van der Waals surface area contributed by atoms with Gasteiger partial charge in [-0.15, -0.1) is 0 Å². The van der Waals surface area contributed by atoms with Crippen molar-refractivity contribution >= 4 is 0 Å². The molecule has 0 bridgehead atoms. The fourth-order valence-electron chi connectivity index (χ4n) is 2.10. The summed E-state index contributed by atoms with van der Waals surface area (Å²) in [5.74, 6) is -0.292. The minimum absolute atomic E-state index is 0.0959. The maximum absolute atomic E-state index is 13.2. The lowest BCUT2D eigenvalue weighted by atomic mass is 9.72. The van der Waals surface area contributed by atoms with Crippen LogP contribution in [0.5, 0.6) is 0 Å². The van der Waals surface area contributed by atoms with Crippen molar-refractivity contribution in [2.45, 2.75) is 31.5 Å². The smallest absolute Gasteiger partial charge is 0.123 e. The van der Waals surface area contributed by atoms with Gasteiger partial charge in [-0.05, 0) is 30.2 Å². The van der Waals surface area contributed by atoms with Gasteiger partial charge in [-0.2, -0.15) is 0 Å². The van der Waals surface area contributed by atoms with Gasteiger partial charge in [-0.1, -0.05) is 6.07 Å². The van der Waals surface area contributed by atoms with E-state index >= 15 is 0 Å². The molecule has 0 saturated heterocycles. The van der Waals surface area contributed by atoms with E-state index < -0.39 is 5.60 Å². The van der Waals surface area contributed by atoms with Gasteiger partial charge in [0.1, 0.15) is 5.82 Å². The van der Waals surface area contributed by atoms with Crippen LogP contribution in [-0.4, -0.2) is 18.3 Å². The molecule has 1 aromatic rings. The number of aliphatic hydroxyl groups is 1. The van der Waals surface area contributed by atoms with Gasteiger partial charge in [0, 0.05) is 20.0 Å². The summed E-state index contributed by atoms with van der Waals surface area (Å²) >= 11 is 0. The second-order valence-corrected chi connectivity index (χ2v) is 4.31. The zero-order valence-corrected chi connectivity index (χ0v) is 8.96. The van der Waals surface area contributed by atoms with Crippen LogP contribution in [0.25, 0.3) is 0 Å². The van der Waals surface area contributed by atoms with Gasteiger partial charge < -0.3 is 9.84 Å². The van der Waals surface area contributed by atoms with Crippen LogP contribution >= 0.6 is 0 Å². The van der Waals surface area contributed by atoms with Crippen molar-refractivity contribution in [2.24, 2.45) is 0 Å². The number of hydrogen-bond donors (Lipinski definition) is 1. The summed E-state index contributed by atoms with van der Waals surface area (Å²) in [6.45, 7) is 1.82. The first-order valence-corrected chi connectivity index (χ1v) is 5.06. The summed E-state index contributed by atoms with van der Waals surface area (Å²) in [7, 11) is 1.63. The maximum atomic E-state index is 13.2. The van der Waals surface area contributed by atoms with Crippen molar-refractivity contribution in [3.8, 4) is 0 Å². The molecule has 0 atom stereocenters. The highest BCUT2D eigenvalue weighted by atomic mass is 19.1. The fourth-order valence-corrected chi connectivity index (χ4v) is 2.10. The van der Waals surface area contributed by atoms with Gasteiger partial charge in [-0.25, -0.2) is 4.39 Å². The molecule has 0 aliphatic heterocycles. The Morgan fingerprint density at radius 2 is 2.07 bits per heavy atom. The minimum atomic E-state index is -0.895. The quantitative estimate of drug-likeness (QED) is 0.810. The van der Waals surface area contributed by atoms with Crippen LogP contribution in [0.3, 0.4) is 0 Å². The summed E-state index contributed by atoms with van der Waals surface area (Å²) in [5.41, 5.74) is 0.598. The predicted molar refractivity (Wildman–Crippen MR) is 55.1 cm³/mol. The first-order valence-electron chi connectivity index (χ1n) is 5.06. The van der Waals surface area contributed by atoms with E-state index in [-0.39, 0.29) is 11.9 Å². The molecule has 15 heavy (non-hydrogen) atoms. The Morgan fingerprint density at radius 3 is 2.60 bits per heavy atom. The van der Waals surface area contributed by atoms with E-state index in [2.05, 4.69) is 0 Å². The largest absolute Gasteiger partial charge is 0.385 e. The number of benzene rings is 1. The molecule has 1 saturated carbocycles. The van der Waals surface area contributed by atoms with Crippen LogP contribution in [0.15, 0.2) is 18.2 Å². The lowest BCUT2D eigenvalue weighted by molar-refractivity contribution is -0.133. The van der Waals surface area contributed by atoms with Crippen molar-refractivity contribution in [1.82, 2.24) is 0 Å². The van der Waals surface area contributed by atoms with E-state index in [4.69, 9.17) is 4.74 Å². The molecule has 3 heteroatoms. The maximum Gasteiger partial charge on any atom is 0.123 e. The van der Waals surface area contributed by atoms with Crippen molar-refractivity contribution in [1.29, 1.82) is 0 Å². The summed E-state index contributed by atoms with van der Waals surface area (Å²) in [4.78, 5) is 0. The topological polar surface area (TPSA) is 29.5 Å². The molecule has 0 radical (unpaired) electrons. The van der Waals surface area contributed by atoms with E-state index in [1.54, 1.807) is 7.11 Å². The average molecular weight is 210 g/mol. The Balaban J connectivity index is 2.23. The highest BCUT2D eigenvalue weighted by Crippen LogP contribution is 2.43. The number of hydrogen-bond acceptors (Lipinski definition) is 2. The lowest BCUT2D eigenvalue weighted by Gasteiger charge is -2.43. The highest BCUT2D eigenvalue weighted by molar-refractivity contribution is 5.30. The van der Waals surface area contributed by atoms with Crippen molar-refractivity contribution in [3.63, 3.8) is 0 Å². The van der Waals surface area contributed by atoms with Crippen molar-refractivity contribution in [3.05, 3.63) is 35.1 Å².